The molecule has 0 aliphatic heterocycles. The first-order valence-electron chi connectivity index (χ1n) is 12.1. The first-order chi connectivity index (χ1) is 22.1. The Bertz CT molecular complexity index is 784. The molecule has 0 aliphatic carbocycles. The fourth-order valence-electron chi connectivity index (χ4n) is 1.75. The van der Waals surface area contributed by atoms with E-state index in [-0.39, 0.29) is 17.1 Å². The van der Waals surface area contributed by atoms with Crippen LogP contribution in [0.1, 0.15) is 0 Å². The van der Waals surface area contributed by atoms with Crippen LogP contribution in [0.5, 0.6) is 0 Å². The maximum Gasteiger partial charge on any atom is 0.408 e. The van der Waals surface area contributed by atoms with Crippen molar-refractivity contribution in [3.8, 4) is 0 Å². The van der Waals surface area contributed by atoms with Crippen LogP contribution < -0.4 is 10.6 Å². The minimum Gasteiger partial charge on any atom is -0.438 e. The SMILES string of the molecule is O=C(NCSCSCSCN=CS(=O)CSCO)OCSCSCSCOOC=NCSCSCSCNC(=O)SCSCO. The largest absolute Gasteiger partial charge is 0.438 e. The van der Waals surface area contributed by atoms with Crippen molar-refractivity contribution in [3.63, 3.8) is 0 Å². The van der Waals surface area contributed by atoms with Gasteiger partial charge in [-0.05, 0) is 0 Å². The van der Waals surface area contributed by atoms with Crippen LogP contribution in [0.2, 0.25) is 0 Å². The first-order valence-corrected chi connectivity index (χ1v) is 27.2. The van der Waals surface area contributed by atoms with Crippen LogP contribution in [0, 0.1) is 0 Å². The number of alkyl carbamates (subject to hydrolysis) is 1. The molecule has 0 rings (SSSR count). The number of aliphatic hydroxyl groups excluding tert-OH is 2. The highest BCUT2D eigenvalue weighted by molar-refractivity contribution is 8.24. The van der Waals surface area contributed by atoms with Crippen molar-refractivity contribution in [3.05, 3.63) is 0 Å². The minimum absolute atomic E-state index is 0.0243. The number of nitrogens with zero attached hydrogens (tertiary/aromatic N) is 2. The number of hydrogen-bond donors (Lipinski definition) is 4. The van der Waals surface area contributed by atoms with Gasteiger partial charge in [0.2, 0.25) is 6.40 Å². The van der Waals surface area contributed by atoms with E-state index in [2.05, 4.69) is 20.6 Å². The number of thioether (sulfide) groups is 12. The van der Waals surface area contributed by atoms with Crippen LogP contribution in [-0.2, 0) is 25.3 Å². The van der Waals surface area contributed by atoms with Gasteiger partial charge in [-0.2, -0.15) is 4.89 Å². The van der Waals surface area contributed by atoms with E-state index in [1.54, 1.807) is 94.1 Å². The molecule has 45 heavy (non-hydrogen) atoms. The molecule has 264 valence electrons. The molecule has 1 atom stereocenters. The van der Waals surface area contributed by atoms with E-state index in [1.807, 2.05) is 0 Å². The molecule has 25 heteroatoms. The highest BCUT2D eigenvalue weighted by Gasteiger charge is 2.02. The van der Waals surface area contributed by atoms with Crippen LogP contribution in [0.15, 0.2) is 9.98 Å². The highest BCUT2D eigenvalue weighted by Crippen LogP contribution is 2.20. The molecule has 0 saturated heterocycles. The van der Waals surface area contributed by atoms with E-state index in [0.717, 1.165) is 42.3 Å². The molecular weight excluding hydrogens is 841 g/mol. The van der Waals surface area contributed by atoms with E-state index in [4.69, 9.17) is 24.7 Å². The topological polar surface area (TPSA) is 168 Å². The molecule has 0 heterocycles. The number of rotatable bonds is 33. The fraction of sp³-hybridized carbons (Fsp3) is 0.800. The first kappa shape index (κ1) is 47.1. The van der Waals surface area contributed by atoms with E-state index in [0.29, 0.717) is 45.6 Å². The van der Waals surface area contributed by atoms with E-state index >= 15 is 0 Å². The lowest BCUT2D eigenvalue weighted by molar-refractivity contribution is -0.196. The van der Waals surface area contributed by atoms with Crippen LogP contribution in [0.4, 0.5) is 9.59 Å². The molecule has 4 N–H and O–H groups in total. The number of hydrogen-bond acceptors (Lipinski definition) is 22. The second-order valence-corrected chi connectivity index (χ2v) is 22.4. The summed E-state index contributed by atoms with van der Waals surface area (Å²) in [6.07, 6.45) is 0.867. The monoisotopic (exact) mass is 878 g/mol. The van der Waals surface area contributed by atoms with Crippen molar-refractivity contribution in [2.75, 3.05) is 87.9 Å². The fourth-order valence-corrected chi connectivity index (χ4v) is 13.0. The summed E-state index contributed by atoms with van der Waals surface area (Å²) in [4.78, 5) is 41.3. The van der Waals surface area contributed by atoms with Gasteiger partial charge in [0.1, 0.15) is 11.9 Å². The summed E-state index contributed by atoms with van der Waals surface area (Å²) in [6, 6.07) is 0. The molecule has 12 nitrogen and oxygen atoms in total. The standard InChI is InChI=1S/C20H38N4O8S13/c25-7-37-17-44-20(28)24-5-36-14-41-11-33-2-21-1-31-32-10-40-16-43-15-39-9-30-19(27)23-4-35-13-42-12-34-3-22-6-45(29)18-38-8-26/h1,6,25-26H,2-5,7-18H2,(H,23,27)(H,24,28). The van der Waals surface area contributed by atoms with E-state index in [1.165, 1.54) is 47.2 Å². The Morgan fingerprint density at radius 1 is 0.689 bits per heavy atom. The van der Waals surface area contributed by atoms with Crippen molar-refractivity contribution in [1.82, 2.24) is 10.6 Å². The number of ether oxygens (including phenoxy) is 1. The maximum absolute atomic E-state index is 11.7. The Morgan fingerprint density at radius 3 is 1.98 bits per heavy atom. The van der Waals surface area contributed by atoms with Gasteiger partial charge in [-0.25, -0.2) is 9.79 Å². The third kappa shape index (κ3) is 40.4. The molecule has 0 saturated carbocycles. The lowest BCUT2D eigenvalue weighted by atomic mass is 11.1. The van der Waals surface area contributed by atoms with Crippen LogP contribution in [-0.4, -0.2) is 126 Å². The summed E-state index contributed by atoms with van der Waals surface area (Å²) in [5, 5.41) is 28.7. The number of carbonyl (C=O) groups is 2. The summed E-state index contributed by atoms with van der Waals surface area (Å²) in [5.41, 5.74) is 1.42. The molecule has 1 unspecified atom stereocenters. The second kappa shape index (κ2) is 40.5. The summed E-state index contributed by atoms with van der Waals surface area (Å²) in [5.74, 6) is 2.83. The molecule has 0 radical (unpaired) electrons. The van der Waals surface area contributed by atoms with Crippen LogP contribution in [0.3, 0.4) is 0 Å². The van der Waals surface area contributed by atoms with Crippen molar-refractivity contribution < 1.29 is 38.5 Å². The number of carbonyl (C=O) groups excluding carboxylic acids is 2. The Morgan fingerprint density at radius 2 is 1.29 bits per heavy atom. The van der Waals surface area contributed by atoms with E-state index in [9.17, 15) is 13.8 Å². The van der Waals surface area contributed by atoms with Gasteiger partial charge >= 0.3 is 6.09 Å². The zero-order valence-corrected chi connectivity index (χ0v) is 34.6. The smallest absolute Gasteiger partial charge is 0.408 e. The van der Waals surface area contributed by atoms with Crippen molar-refractivity contribution in [1.29, 1.82) is 0 Å². The van der Waals surface area contributed by atoms with Crippen molar-refractivity contribution in [2.45, 2.75) is 0 Å². The van der Waals surface area contributed by atoms with Crippen LogP contribution >= 0.6 is 141 Å². The molecule has 0 spiro atoms. The maximum atomic E-state index is 11.7. The molecule has 0 aromatic carbocycles. The predicted molar refractivity (Wildman–Crippen MR) is 219 cm³/mol. The Kier molecular flexibility index (Phi) is 42.4. The van der Waals surface area contributed by atoms with Gasteiger partial charge in [-0.15, -0.1) is 129 Å². The van der Waals surface area contributed by atoms with Crippen molar-refractivity contribution >= 4 is 175 Å². The van der Waals surface area contributed by atoms with Gasteiger partial charge in [0.15, 0.2) is 0 Å². The summed E-state index contributed by atoms with van der Waals surface area (Å²) < 4.78 is 16.6. The predicted octanol–water partition coefficient (Wildman–Crippen LogP) is 6.28. The van der Waals surface area contributed by atoms with Gasteiger partial charge < -0.3 is 30.5 Å². The Labute approximate surface area is 319 Å². The third-order valence-corrected chi connectivity index (χ3v) is 17.2. The van der Waals surface area contributed by atoms with Gasteiger partial charge in [0.25, 0.3) is 5.24 Å². The number of aliphatic imine (C=N–C) groups is 2. The number of aliphatic hydroxyl groups is 2. The zero-order chi connectivity index (χ0) is 32.9. The highest BCUT2D eigenvalue weighted by atomic mass is 32.2. The molecule has 0 aromatic heterocycles. The van der Waals surface area contributed by atoms with Gasteiger partial charge in [-0.3, -0.25) is 14.0 Å². The normalized spacial score (nSPS) is 12.1. The van der Waals surface area contributed by atoms with Gasteiger partial charge in [0.05, 0.1) is 61.9 Å². The number of nitrogens with one attached hydrogen (secondary N) is 2. The second-order valence-electron chi connectivity index (χ2n) is 6.62. The third-order valence-electron chi connectivity index (χ3n) is 3.41. The van der Waals surface area contributed by atoms with Gasteiger partial charge in [-0.1, -0.05) is 11.8 Å². The molecule has 0 fully saturated rings. The van der Waals surface area contributed by atoms with E-state index < -0.39 is 16.9 Å². The summed E-state index contributed by atoms with van der Waals surface area (Å²) >= 11 is 18.4. The summed E-state index contributed by atoms with van der Waals surface area (Å²) in [6.45, 7) is 0. The van der Waals surface area contributed by atoms with Gasteiger partial charge in [0, 0.05) is 30.5 Å². The number of amides is 2. The zero-order valence-electron chi connectivity index (χ0n) is 24.0. The Balaban J connectivity index is 3.28. The average Bonchev–Trinajstić information content (AvgIpc) is 3.03. The lowest BCUT2D eigenvalue weighted by Crippen LogP contribution is -2.23. The molecular formula is C20H38N4O8S13. The van der Waals surface area contributed by atoms with Crippen LogP contribution in [0.25, 0.3) is 0 Å². The molecule has 0 aliphatic rings. The quantitative estimate of drug-likeness (QED) is 0.0145. The minimum atomic E-state index is -1.14. The Hall–Kier alpha value is 2.11. The average molecular weight is 879 g/mol. The molecule has 0 aromatic rings. The lowest BCUT2D eigenvalue weighted by Gasteiger charge is -2.06. The summed E-state index contributed by atoms with van der Waals surface area (Å²) in [7, 11) is -1.14. The molecule has 2 amide bonds. The molecule has 0 bridgehead atoms. The van der Waals surface area contributed by atoms with Crippen molar-refractivity contribution in [2.24, 2.45) is 9.98 Å².